The number of primary amides is 1. The largest absolute Gasteiger partial charge is 0.496 e. The molecule has 2 aliphatic rings. The van der Waals surface area contributed by atoms with Crippen molar-refractivity contribution in [3.63, 3.8) is 0 Å². The van der Waals surface area contributed by atoms with Crippen LogP contribution in [0.25, 0.3) is 43.2 Å². The molecule has 7 amide bonds. The van der Waals surface area contributed by atoms with Gasteiger partial charge in [0.05, 0.1) is 74.7 Å². The van der Waals surface area contributed by atoms with E-state index in [1.807, 2.05) is 44.3 Å². The van der Waals surface area contributed by atoms with E-state index in [2.05, 4.69) is 41.1 Å². The van der Waals surface area contributed by atoms with Gasteiger partial charge < -0.3 is 60.3 Å². The van der Waals surface area contributed by atoms with Gasteiger partial charge in [0, 0.05) is 79.1 Å². The number of para-hydroxylation sites is 2. The van der Waals surface area contributed by atoms with Gasteiger partial charge >= 0.3 is 12.0 Å². The Labute approximate surface area is 662 Å². The summed E-state index contributed by atoms with van der Waals surface area (Å²) in [6, 6.07) is 26.3. The average Bonchev–Trinajstić information content (AvgIpc) is 1.61. The van der Waals surface area contributed by atoms with Crippen LogP contribution in [0.1, 0.15) is 76.3 Å². The molecule has 29 nitrogen and oxygen atoms in total. The number of anilines is 1. The van der Waals surface area contributed by atoms with Crippen molar-refractivity contribution in [1.29, 1.82) is 0 Å². The molecule has 0 radical (unpaired) electrons. The van der Waals surface area contributed by atoms with Crippen molar-refractivity contribution in [3.8, 4) is 56.1 Å². The first-order chi connectivity index (χ1) is 53.9. The third-order valence-electron chi connectivity index (χ3n) is 20.2. The number of nitrogens with zero attached hydrogens (tertiary/aromatic N) is 7. The monoisotopic (exact) mass is 1610 g/mol. The molecular weight excluding hydrogens is 1520 g/mol. The van der Waals surface area contributed by atoms with Gasteiger partial charge in [-0.05, 0) is 121 Å². The van der Waals surface area contributed by atoms with Crippen LogP contribution in [0.2, 0.25) is 5.02 Å². The maximum absolute atomic E-state index is 14.5. The molecule has 8 N–H and O–H groups in total. The lowest BCUT2D eigenvalue weighted by molar-refractivity contribution is -0.926. The van der Waals surface area contributed by atoms with Crippen LogP contribution in [-0.2, 0) is 68.0 Å². The van der Waals surface area contributed by atoms with Gasteiger partial charge in [0.25, 0.3) is 21.9 Å². The number of ether oxygens (including phenoxy) is 5. The highest BCUT2D eigenvalue weighted by Gasteiger charge is 2.46. The Bertz CT molecular complexity index is 4990. The molecule has 598 valence electrons. The third-order valence-corrected chi connectivity index (χ3v) is 22.7. The SMILES string of the molecule is CC[C@](C)(C(=O)N[C@H](C(=O)Nc1ccc(C[N+]2(C)CCN(CCOc3ccc(-c4c(-c5ccc(F)cc5)sc5ncnc(O[C@H](Cc6ccccc6OCc6ccnc(-c7ccccc7OC)n6)C(=O)O)c45)c(C)c3Cl)CC2)c(S(=O)(=O)O)c1)C(C)CCNC(N)=O)C(=O)C(NC(=O)CCOCCN1C(=O)C=CC1=O)C(C)C. The molecule has 0 aliphatic carbocycles. The second-order valence-corrected chi connectivity index (χ2v) is 31.2. The molecule has 1 fully saturated rings. The number of nitrogens with two attached hydrogens (primary N) is 1. The number of methoxy groups -OCH3 is 1. The van der Waals surface area contributed by atoms with E-state index in [1.165, 1.54) is 48.9 Å². The Morgan fingerprint density at radius 3 is 2.21 bits per heavy atom. The number of imide groups is 1. The van der Waals surface area contributed by atoms with E-state index in [0.29, 0.717) is 119 Å². The number of urea groups is 1. The maximum Gasteiger partial charge on any atom is 0.345 e. The first kappa shape index (κ1) is 84.6. The van der Waals surface area contributed by atoms with Gasteiger partial charge in [0.1, 0.15) is 70.3 Å². The van der Waals surface area contributed by atoms with E-state index in [1.54, 1.807) is 89.5 Å². The normalized spacial score (nSPS) is 15.2. The van der Waals surface area contributed by atoms with Gasteiger partial charge in [-0.25, -0.2) is 33.9 Å². The van der Waals surface area contributed by atoms with Gasteiger partial charge in [-0.3, -0.25) is 43.1 Å². The molecule has 8 aromatic rings. The van der Waals surface area contributed by atoms with Gasteiger partial charge in [0.2, 0.25) is 29.7 Å². The van der Waals surface area contributed by atoms with Crippen LogP contribution >= 0.6 is 22.9 Å². The number of carbonyl (C=O) groups excluding carboxylic acids is 7. The van der Waals surface area contributed by atoms with Crippen LogP contribution in [0.5, 0.6) is 23.1 Å². The van der Waals surface area contributed by atoms with Crippen molar-refractivity contribution in [2.75, 3.05) is 85.1 Å². The van der Waals surface area contributed by atoms with E-state index in [4.69, 9.17) is 46.0 Å². The maximum atomic E-state index is 14.5. The molecule has 2 aliphatic heterocycles. The minimum Gasteiger partial charge on any atom is -0.496 e. The number of benzene rings is 5. The van der Waals surface area contributed by atoms with Gasteiger partial charge in [-0.15, -0.1) is 11.3 Å². The number of carboxylic acid groups (broad SMARTS) is 1. The number of hydrogen-bond donors (Lipinski definition) is 7. The lowest BCUT2D eigenvalue weighted by Gasteiger charge is -2.42. The van der Waals surface area contributed by atoms with Gasteiger partial charge in [-0.2, -0.15) is 8.42 Å². The molecule has 5 atom stereocenters. The van der Waals surface area contributed by atoms with E-state index >= 15 is 0 Å². The van der Waals surface area contributed by atoms with Gasteiger partial charge in [0.15, 0.2) is 11.6 Å². The quantitative estimate of drug-likeness (QED) is 0.00622. The van der Waals surface area contributed by atoms with Crippen molar-refractivity contribution in [2.24, 2.45) is 23.0 Å². The summed E-state index contributed by atoms with van der Waals surface area (Å²) in [6.07, 6.45) is 3.42. The summed E-state index contributed by atoms with van der Waals surface area (Å²) >= 11 is 8.53. The zero-order valence-electron chi connectivity index (χ0n) is 63.7. The number of quaternary nitrogens is 1. The molecule has 0 spiro atoms. The van der Waals surface area contributed by atoms with Crippen LogP contribution in [0.4, 0.5) is 14.9 Å². The summed E-state index contributed by atoms with van der Waals surface area (Å²) < 4.78 is 82.3. The molecular formula is C80H91ClFN12O17S2+. The fourth-order valence-corrected chi connectivity index (χ4v) is 15.4. The highest BCUT2D eigenvalue weighted by atomic mass is 35.5. The molecule has 10 rings (SSSR count). The summed E-state index contributed by atoms with van der Waals surface area (Å²) in [4.78, 5) is 128. The molecule has 2 unspecified atom stereocenters. The van der Waals surface area contributed by atoms with E-state index in [0.717, 1.165) is 23.1 Å². The van der Waals surface area contributed by atoms with Crippen molar-refractivity contribution < 1.29 is 89.0 Å². The van der Waals surface area contributed by atoms with Crippen molar-refractivity contribution in [2.45, 2.75) is 103 Å². The molecule has 33 heteroatoms. The number of rotatable bonds is 38. The number of amides is 7. The fourth-order valence-electron chi connectivity index (χ4n) is 13.3. The van der Waals surface area contributed by atoms with Crippen molar-refractivity contribution >= 4 is 96.3 Å². The van der Waals surface area contributed by atoms with Gasteiger partial charge in [-0.1, -0.05) is 87.8 Å². The smallest absolute Gasteiger partial charge is 0.345 e. The number of halogens is 2. The Morgan fingerprint density at radius 2 is 1.53 bits per heavy atom. The van der Waals surface area contributed by atoms with E-state index in [9.17, 15) is 60.8 Å². The molecule has 0 saturated carbocycles. The number of Topliss-reactive ketones (excluding diaryl/α,β-unsaturated/α-hetero) is 1. The standard InChI is InChI=1S/C80H90ClFN12O17S2/c1-9-80(6,72(98)69(47(2)3)90-63(95)30-39-108-40-36-93-64(96)26-27-65(93)97)78(102)91-70(48(4)28-31-85-79(83)103)74(99)89-54-23-20-52(62(43-54)113(104,105)106)44-94(7)37-33-92(34-38-94)35-41-109-60-25-24-56(49(5)68(60)81)66-67-75(86-46-87-76(67)112-71(66)50-18-21-53(82)22-19-50)111-61(77(100)101)42-51-14-10-12-16-58(51)110-45-55-29-32-84-73(88-55)57-15-11-13-17-59(57)107-8/h10-27,29,32,43,46-48,61,69-70H,9,28,30-31,33-42,44-45H2,1-8H3,(H7-,83,85,89,90,91,95,99,100,101,102,103,104,105,106)/p+1/t48?,61-,69?,70+,80+/m1/s1. The molecule has 5 aromatic carbocycles. The van der Waals surface area contributed by atoms with Crippen molar-refractivity contribution in [3.05, 3.63) is 167 Å². The van der Waals surface area contributed by atoms with Crippen molar-refractivity contribution in [1.82, 2.24) is 45.7 Å². The first-order valence-electron chi connectivity index (χ1n) is 36.7. The Kier molecular flexibility index (Phi) is 28.2. The molecule has 1 saturated heterocycles. The number of nitrogens with one attached hydrogen (secondary N) is 4. The Morgan fingerprint density at radius 1 is 0.823 bits per heavy atom. The predicted molar refractivity (Wildman–Crippen MR) is 420 cm³/mol. The summed E-state index contributed by atoms with van der Waals surface area (Å²) in [5.41, 5.74) is 7.94. The predicted octanol–water partition coefficient (Wildman–Crippen LogP) is 9.41. The number of aromatic nitrogens is 4. The molecule has 5 heterocycles. The lowest BCUT2D eigenvalue weighted by Crippen LogP contribution is -2.58. The zero-order chi connectivity index (χ0) is 81.5. The fraction of sp³-hybridized carbons (Fsp3) is 0.375. The Balaban J connectivity index is 0.781. The number of piperazine rings is 1. The average molecular weight is 1610 g/mol. The van der Waals surface area contributed by atoms with Crippen LogP contribution in [0.15, 0.2) is 139 Å². The zero-order valence-corrected chi connectivity index (χ0v) is 66.1. The summed E-state index contributed by atoms with van der Waals surface area (Å²) in [5.74, 6) is -5.02. The third kappa shape index (κ3) is 21.1. The topological polar surface area (TPSA) is 389 Å². The van der Waals surface area contributed by atoms with E-state index < -0.39 is 104 Å². The number of carbonyl (C=O) groups is 8. The van der Waals surface area contributed by atoms with Crippen LogP contribution in [0, 0.1) is 30.0 Å². The summed E-state index contributed by atoms with van der Waals surface area (Å²) in [7, 11) is -1.39. The molecule has 3 aromatic heterocycles. The van der Waals surface area contributed by atoms with Crippen LogP contribution in [0.3, 0.4) is 0 Å². The number of ketones is 1. The summed E-state index contributed by atoms with van der Waals surface area (Å²) in [5, 5.41) is 22.1. The molecule has 0 bridgehead atoms. The lowest BCUT2D eigenvalue weighted by atomic mass is 9.76. The Hall–Kier alpha value is -10.9. The number of thiophene rings is 1. The highest BCUT2D eigenvalue weighted by molar-refractivity contribution is 7.85. The minimum absolute atomic E-state index is 0.0126. The number of hydrogen-bond acceptors (Lipinski definition) is 21. The summed E-state index contributed by atoms with van der Waals surface area (Å²) in [6.45, 7) is 12.7. The van der Waals surface area contributed by atoms with Crippen LogP contribution in [-0.4, -0.2) is 198 Å². The molecule has 113 heavy (non-hydrogen) atoms. The first-order valence-corrected chi connectivity index (χ1v) is 39.3. The number of likely N-dealkylation sites (N-methyl/N-ethyl adjacent to an activating group) is 1. The minimum atomic E-state index is -4.92. The second-order valence-electron chi connectivity index (χ2n) is 28.4. The highest BCUT2D eigenvalue weighted by Crippen LogP contribution is 2.50. The second kappa shape index (κ2) is 37.6. The number of aliphatic carboxylic acids is 1. The number of fused-ring (bicyclic) bond motifs is 1. The van der Waals surface area contributed by atoms with E-state index in [-0.39, 0.29) is 88.9 Å². The van der Waals surface area contributed by atoms with Crippen LogP contribution < -0.4 is 45.9 Å². The number of carboxylic acids is 1.